The van der Waals surface area contributed by atoms with Crippen LogP contribution in [0.5, 0.6) is 0 Å². The fraction of sp³-hybridized carbons (Fsp3) is 0.182. The molecule has 3 nitrogen and oxygen atoms in total. The molecule has 0 saturated carbocycles. The van der Waals surface area contributed by atoms with Crippen molar-refractivity contribution in [1.29, 1.82) is 0 Å². The van der Waals surface area contributed by atoms with Crippen molar-refractivity contribution in [2.24, 2.45) is 0 Å². The van der Waals surface area contributed by atoms with Crippen LogP contribution >= 0.6 is 0 Å². The number of hydrogen-bond donors (Lipinski definition) is 1. The Morgan fingerprint density at radius 1 is 1.47 bits per heavy atom. The fourth-order valence-electron chi connectivity index (χ4n) is 1.50. The van der Waals surface area contributed by atoms with E-state index in [9.17, 15) is 9.18 Å². The van der Waals surface area contributed by atoms with E-state index in [0.29, 0.717) is 16.5 Å². The summed E-state index contributed by atoms with van der Waals surface area (Å²) in [4.78, 5) is 14.0. The topological polar surface area (TPSA) is 42.1 Å². The van der Waals surface area contributed by atoms with Crippen LogP contribution in [0.3, 0.4) is 0 Å². The number of H-pyrrole nitrogens is 1. The Labute approximate surface area is 85.9 Å². The van der Waals surface area contributed by atoms with Crippen molar-refractivity contribution in [2.45, 2.75) is 6.92 Å². The number of nitrogens with one attached hydrogen (secondary N) is 1. The molecule has 0 fully saturated rings. The van der Waals surface area contributed by atoms with Gasteiger partial charge in [0.05, 0.1) is 7.11 Å². The molecule has 15 heavy (non-hydrogen) atoms. The predicted molar refractivity (Wildman–Crippen MR) is 54.3 cm³/mol. The molecule has 0 amide bonds. The molecule has 4 heteroatoms. The Kier molecular flexibility index (Phi) is 2.19. The SMILES string of the molecule is COC(=O)c1cc2c(F)c(C)ccc2[nH]1. The first-order valence-electron chi connectivity index (χ1n) is 4.49. The summed E-state index contributed by atoms with van der Waals surface area (Å²) in [5.74, 6) is -0.804. The van der Waals surface area contributed by atoms with Gasteiger partial charge in [-0.25, -0.2) is 9.18 Å². The molecule has 1 aromatic heterocycles. The molecule has 0 aliphatic carbocycles. The minimum Gasteiger partial charge on any atom is -0.464 e. The third kappa shape index (κ3) is 1.48. The van der Waals surface area contributed by atoms with Crippen LogP contribution in [0, 0.1) is 12.7 Å². The van der Waals surface area contributed by atoms with Crippen molar-refractivity contribution in [1.82, 2.24) is 4.98 Å². The van der Waals surface area contributed by atoms with Crippen molar-refractivity contribution in [3.8, 4) is 0 Å². The molecule has 0 atom stereocenters. The van der Waals surface area contributed by atoms with Crippen LogP contribution in [0.4, 0.5) is 4.39 Å². The highest BCUT2D eigenvalue weighted by molar-refractivity contribution is 5.95. The maximum atomic E-state index is 13.6. The van der Waals surface area contributed by atoms with E-state index in [1.807, 2.05) is 0 Å². The number of hydrogen-bond acceptors (Lipinski definition) is 2. The van der Waals surface area contributed by atoms with Gasteiger partial charge < -0.3 is 9.72 Å². The molecule has 0 aliphatic heterocycles. The lowest BCUT2D eigenvalue weighted by molar-refractivity contribution is 0.0595. The number of aryl methyl sites for hydroxylation is 1. The smallest absolute Gasteiger partial charge is 0.354 e. The zero-order valence-electron chi connectivity index (χ0n) is 8.43. The first-order valence-corrected chi connectivity index (χ1v) is 4.49. The molecule has 78 valence electrons. The summed E-state index contributed by atoms with van der Waals surface area (Å²) in [6, 6.07) is 4.86. The van der Waals surface area contributed by atoms with Crippen molar-refractivity contribution in [2.75, 3.05) is 7.11 Å². The summed E-state index contributed by atoms with van der Waals surface area (Å²) in [5, 5.41) is 0.412. The number of esters is 1. The van der Waals surface area contributed by atoms with Gasteiger partial charge >= 0.3 is 5.97 Å². The lowest BCUT2D eigenvalue weighted by atomic mass is 10.1. The van der Waals surface area contributed by atoms with E-state index in [1.165, 1.54) is 13.2 Å². The molecule has 1 N–H and O–H groups in total. The monoisotopic (exact) mass is 207 g/mol. The number of benzene rings is 1. The number of fused-ring (bicyclic) bond motifs is 1. The molecule has 2 aromatic rings. The lowest BCUT2D eigenvalue weighted by Crippen LogP contribution is -2.00. The highest BCUT2D eigenvalue weighted by Crippen LogP contribution is 2.21. The number of methoxy groups -OCH3 is 1. The van der Waals surface area contributed by atoms with Gasteiger partial charge in [-0.1, -0.05) is 6.07 Å². The van der Waals surface area contributed by atoms with Crippen LogP contribution in [0.1, 0.15) is 16.1 Å². The molecule has 2 rings (SSSR count). The van der Waals surface area contributed by atoms with Gasteiger partial charge in [-0.3, -0.25) is 0 Å². The molecule has 1 aromatic carbocycles. The minimum atomic E-state index is -0.497. The van der Waals surface area contributed by atoms with Gasteiger partial charge in [-0.05, 0) is 24.6 Å². The largest absolute Gasteiger partial charge is 0.464 e. The number of aromatic amines is 1. The predicted octanol–water partition coefficient (Wildman–Crippen LogP) is 2.40. The third-order valence-corrected chi connectivity index (χ3v) is 2.34. The molecule has 1 heterocycles. The number of carbonyl (C=O) groups excluding carboxylic acids is 1. The minimum absolute atomic E-state index is 0.261. The van der Waals surface area contributed by atoms with E-state index >= 15 is 0 Å². The van der Waals surface area contributed by atoms with Crippen molar-refractivity contribution in [3.63, 3.8) is 0 Å². The molecule has 0 spiro atoms. The van der Waals surface area contributed by atoms with E-state index in [2.05, 4.69) is 9.72 Å². The van der Waals surface area contributed by atoms with Gasteiger partial charge in [-0.15, -0.1) is 0 Å². The summed E-state index contributed by atoms with van der Waals surface area (Å²) >= 11 is 0. The fourth-order valence-corrected chi connectivity index (χ4v) is 1.50. The Bertz CT molecular complexity index is 531. The van der Waals surface area contributed by atoms with E-state index in [-0.39, 0.29) is 11.5 Å². The van der Waals surface area contributed by atoms with Crippen molar-refractivity contribution in [3.05, 3.63) is 35.3 Å². The number of halogens is 1. The molecule has 0 bridgehead atoms. The second-order valence-electron chi connectivity index (χ2n) is 3.33. The van der Waals surface area contributed by atoms with E-state index in [1.54, 1.807) is 19.1 Å². The number of ether oxygens (including phenoxy) is 1. The maximum Gasteiger partial charge on any atom is 0.354 e. The van der Waals surface area contributed by atoms with E-state index in [0.717, 1.165) is 0 Å². The van der Waals surface area contributed by atoms with Gasteiger partial charge in [0.15, 0.2) is 0 Å². The van der Waals surface area contributed by atoms with Crippen LogP contribution in [0.15, 0.2) is 18.2 Å². The standard InChI is InChI=1S/C11H10FNO2/c1-6-3-4-8-7(10(6)12)5-9(13-8)11(14)15-2/h3-5,13H,1-2H3. The molecule has 0 radical (unpaired) electrons. The van der Waals surface area contributed by atoms with Crippen LogP contribution < -0.4 is 0 Å². The van der Waals surface area contributed by atoms with Crippen LogP contribution in [-0.2, 0) is 4.74 Å². The number of rotatable bonds is 1. The van der Waals surface area contributed by atoms with Crippen LogP contribution in [0.2, 0.25) is 0 Å². The summed E-state index contributed by atoms with van der Waals surface area (Å²) in [6.07, 6.45) is 0. The Hall–Kier alpha value is -1.84. The van der Waals surface area contributed by atoms with Crippen molar-refractivity contribution < 1.29 is 13.9 Å². The van der Waals surface area contributed by atoms with Crippen LogP contribution in [0.25, 0.3) is 10.9 Å². The van der Waals surface area contributed by atoms with Crippen LogP contribution in [-0.4, -0.2) is 18.1 Å². The van der Waals surface area contributed by atoms with Gasteiger partial charge in [0.25, 0.3) is 0 Å². The molecule has 0 aliphatic rings. The zero-order chi connectivity index (χ0) is 11.0. The summed E-state index contributed by atoms with van der Waals surface area (Å²) in [7, 11) is 1.29. The number of aromatic nitrogens is 1. The average Bonchev–Trinajstić information content (AvgIpc) is 2.67. The third-order valence-electron chi connectivity index (χ3n) is 2.34. The highest BCUT2D eigenvalue weighted by Gasteiger charge is 2.12. The molecule has 0 saturated heterocycles. The number of carbonyl (C=O) groups is 1. The van der Waals surface area contributed by atoms with Gasteiger partial charge in [-0.2, -0.15) is 0 Å². The van der Waals surface area contributed by atoms with Gasteiger partial charge in [0.2, 0.25) is 0 Å². The van der Waals surface area contributed by atoms with E-state index in [4.69, 9.17) is 0 Å². The lowest BCUT2D eigenvalue weighted by Gasteiger charge is -1.95. The van der Waals surface area contributed by atoms with Gasteiger partial charge in [0.1, 0.15) is 11.5 Å². The summed E-state index contributed by atoms with van der Waals surface area (Å²) in [6.45, 7) is 1.68. The van der Waals surface area contributed by atoms with E-state index < -0.39 is 5.97 Å². The zero-order valence-corrected chi connectivity index (χ0v) is 8.43. The van der Waals surface area contributed by atoms with Gasteiger partial charge in [0, 0.05) is 10.9 Å². The molecule has 0 unspecified atom stereocenters. The molecular formula is C11H10FNO2. The first kappa shape index (κ1) is 9.71. The average molecular weight is 207 g/mol. The Balaban J connectivity index is 2.66. The Morgan fingerprint density at radius 2 is 2.20 bits per heavy atom. The second kappa shape index (κ2) is 3.38. The maximum absolute atomic E-state index is 13.6. The highest BCUT2D eigenvalue weighted by atomic mass is 19.1. The molecular weight excluding hydrogens is 197 g/mol. The second-order valence-corrected chi connectivity index (χ2v) is 3.33. The Morgan fingerprint density at radius 3 is 2.87 bits per heavy atom. The first-order chi connectivity index (χ1) is 7.13. The van der Waals surface area contributed by atoms with Crippen molar-refractivity contribution >= 4 is 16.9 Å². The summed E-state index contributed by atoms with van der Waals surface area (Å²) < 4.78 is 18.2. The summed E-state index contributed by atoms with van der Waals surface area (Å²) in [5.41, 5.74) is 1.41. The quantitative estimate of drug-likeness (QED) is 0.729. The normalized spacial score (nSPS) is 10.6.